The Hall–Kier alpha value is -2.71. The van der Waals surface area contributed by atoms with Gasteiger partial charge in [-0.3, -0.25) is 4.79 Å². The zero-order valence-corrected chi connectivity index (χ0v) is 17.2. The smallest absolute Gasteiger partial charge is 0.338 e. The third kappa shape index (κ3) is 5.02. The summed E-state index contributed by atoms with van der Waals surface area (Å²) in [4.78, 5) is 24.6. The van der Waals surface area contributed by atoms with Crippen molar-refractivity contribution < 1.29 is 22.7 Å². The highest BCUT2D eigenvalue weighted by molar-refractivity contribution is 7.89. The fourth-order valence-electron chi connectivity index (χ4n) is 3.00. The summed E-state index contributed by atoms with van der Waals surface area (Å²) in [5.74, 6) is -1.08. The van der Waals surface area contributed by atoms with Crippen LogP contribution in [0.5, 0.6) is 0 Å². The zero-order chi connectivity index (χ0) is 21.0. The van der Waals surface area contributed by atoms with Crippen LogP contribution in [0.15, 0.2) is 53.4 Å². The third-order valence-electron chi connectivity index (χ3n) is 4.76. The molecule has 1 saturated heterocycles. The molecule has 1 aliphatic rings. The Balaban J connectivity index is 1.59. The molecule has 0 spiro atoms. The Kier molecular flexibility index (Phi) is 6.34. The lowest BCUT2D eigenvalue weighted by Gasteiger charge is -2.16. The number of hydrogen-bond donors (Lipinski definition) is 1. The Morgan fingerprint density at radius 3 is 2.17 bits per heavy atom. The molecule has 8 heteroatoms. The summed E-state index contributed by atoms with van der Waals surface area (Å²) in [6.07, 6.45) is 0.732. The monoisotopic (exact) mass is 416 g/mol. The first-order valence-electron chi connectivity index (χ1n) is 9.46. The Bertz CT molecular complexity index is 979. The third-order valence-corrected chi connectivity index (χ3v) is 6.68. The predicted molar refractivity (Wildman–Crippen MR) is 109 cm³/mol. The number of carbonyl (C=O) groups excluding carboxylic acids is 2. The molecule has 7 nitrogen and oxygen atoms in total. The number of sulfonamides is 1. The number of benzene rings is 2. The Morgan fingerprint density at radius 1 is 1.00 bits per heavy atom. The van der Waals surface area contributed by atoms with Gasteiger partial charge in [-0.25, -0.2) is 13.2 Å². The summed E-state index contributed by atoms with van der Waals surface area (Å²) in [5, 5.41) is 2.63. The van der Waals surface area contributed by atoms with Crippen molar-refractivity contribution in [3.8, 4) is 0 Å². The van der Waals surface area contributed by atoms with E-state index in [-0.39, 0.29) is 4.90 Å². The molecule has 3 rings (SSSR count). The van der Waals surface area contributed by atoms with Gasteiger partial charge in [0, 0.05) is 18.8 Å². The summed E-state index contributed by atoms with van der Waals surface area (Å²) >= 11 is 0. The molecule has 0 bridgehead atoms. The number of nitrogens with zero attached hydrogens (tertiary/aromatic N) is 1. The molecule has 1 aliphatic heterocycles. The standard InChI is InChI=1S/C21H24N2O5S/c1-15-5-7-17(8-6-15)21(25)28-16(2)20(24)22-18-9-11-19(12-10-18)29(26,27)23-13-3-4-14-23/h5-12,16H,3-4,13-14H2,1-2H3,(H,22,24)/t16-/m0/s1. The van der Waals surface area contributed by atoms with Crippen LogP contribution in [0.25, 0.3) is 0 Å². The summed E-state index contributed by atoms with van der Waals surface area (Å²) in [6, 6.07) is 12.8. The number of amides is 1. The normalized spacial score (nSPS) is 15.7. The van der Waals surface area contributed by atoms with Crippen molar-refractivity contribution in [2.45, 2.75) is 37.7 Å². The fraction of sp³-hybridized carbons (Fsp3) is 0.333. The first-order valence-corrected chi connectivity index (χ1v) is 10.9. The van der Waals surface area contributed by atoms with E-state index in [0.717, 1.165) is 18.4 Å². The van der Waals surface area contributed by atoms with Gasteiger partial charge in [-0.05, 0) is 63.1 Å². The topological polar surface area (TPSA) is 92.8 Å². The van der Waals surface area contributed by atoms with Gasteiger partial charge in [-0.1, -0.05) is 17.7 Å². The lowest BCUT2D eigenvalue weighted by molar-refractivity contribution is -0.123. The second kappa shape index (κ2) is 8.75. The quantitative estimate of drug-likeness (QED) is 0.731. The van der Waals surface area contributed by atoms with E-state index >= 15 is 0 Å². The Morgan fingerprint density at radius 2 is 1.59 bits per heavy atom. The molecular formula is C21H24N2O5S. The van der Waals surface area contributed by atoms with E-state index in [2.05, 4.69) is 5.32 Å². The van der Waals surface area contributed by atoms with E-state index in [1.807, 2.05) is 6.92 Å². The number of anilines is 1. The molecule has 1 fully saturated rings. The van der Waals surface area contributed by atoms with Crippen LogP contribution >= 0.6 is 0 Å². The van der Waals surface area contributed by atoms with Crippen molar-refractivity contribution in [3.63, 3.8) is 0 Å². The Labute approximate surface area is 170 Å². The van der Waals surface area contributed by atoms with Gasteiger partial charge >= 0.3 is 5.97 Å². The van der Waals surface area contributed by atoms with Crippen LogP contribution in [-0.4, -0.2) is 43.8 Å². The van der Waals surface area contributed by atoms with E-state index in [0.29, 0.717) is 24.3 Å². The summed E-state index contributed by atoms with van der Waals surface area (Å²) in [5.41, 5.74) is 1.81. The highest BCUT2D eigenvalue weighted by Gasteiger charge is 2.27. The van der Waals surface area contributed by atoms with Gasteiger partial charge in [-0.2, -0.15) is 4.31 Å². The van der Waals surface area contributed by atoms with Gasteiger partial charge in [0.1, 0.15) is 0 Å². The van der Waals surface area contributed by atoms with Crippen molar-refractivity contribution in [3.05, 3.63) is 59.7 Å². The van der Waals surface area contributed by atoms with E-state index in [1.165, 1.54) is 35.5 Å². The number of esters is 1. The lowest BCUT2D eigenvalue weighted by Crippen LogP contribution is -2.30. The number of rotatable bonds is 6. The minimum absolute atomic E-state index is 0.191. The molecule has 1 N–H and O–H groups in total. The van der Waals surface area contributed by atoms with Gasteiger partial charge in [-0.15, -0.1) is 0 Å². The number of hydrogen-bond acceptors (Lipinski definition) is 5. The van der Waals surface area contributed by atoms with Crippen LogP contribution in [0.2, 0.25) is 0 Å². The first-order chi connectivity index (χ1) is 13.8. The first kappa shape index (κ1) is 21.0. The largest absolute Gasteiger partial charge is 0.449 e. The molecule has 29 heavy (non-hydrogen) atoms. The van der Waals surface area contributed by atoms with Crippen LogP contribution in [0.3, 0.4) is 0 Å². The van der Waals surface area contributed by atoms with E-state index in [1.54, 1.807) is 24.3 Å². The van der Waals surface area contributed by atoms with Crippen molar-refractivity contribution in [2.75, 3.05) is 18.4 Å². The molecular weight excluding hydrogens is 392 g/mol. The van der Waals surface area contributed by atoms with Crippen LogP contribution < -0.4 is 5.32 Å². The number of ether oxygens (including phenoxy) is 1. The average molecular weight is 416 g/mol. The van der Waals surface area contributed by atoms with Crippen molar-refractivity contribution >= 4 is 27.6 Å². The second-order valence-electron chi connectivity index (χ2n) is 7.04. The molecule has 2 aromatic carbocycles. The number of carbonyl (C=O) groups is 2. The van der Waals surface area contributed by atoms with Crippen LogP contribution in [0.4, 0.5) is 5.69 Å². The molecule has 1 heterocycles. The minimum atomic E-state index is -3.50. The molecule has 0 radical (unpaired) electrons. The highest BCUT2D eigenvalue weighted by Crippen LogP contribution is 2.22. The molecule has 0 aromatic heterocycles. The lowest BCUT2D eigenvalue weighted by atomic mass is 10.1. The zero-order valence-electron chi connectivity index (χ0n) is 16.4. The average Bonchev–Trinajstić information content (AvgIpc) is 3.24. The van der Waals surface area contributed by atoms with Gasteiger partial charge < -0.3 is 10.1 Å². The van der Waals surface area contributed by atoms with Crippen molar-refractivity contribution in [2.24, 2.45) is 0 Å². The van der Waals surface area contributed by atoms with Crippen LogP contribution in [0, 0.1) is 6.92 Å². The molecule has 0 unspecified atom stereocenters. The van der Waals surface area contributed by atoms with Crippen molar-refractivity contribution in [1.29, 1.82) is 0 Å². The summed E-state index contributed by atoms with van der Waals surface area (Å²) in [7, 11) is -3.50. The van der Waals surface area contributed by atoms with E-state index in [9.17, 15) is 18.0 Å². The molecule has 1 atom stereocenters. The SMILES string of the molecule is Cc1ccc(C(=O)O[C@@H](C)C(=O)Nc2ccc(S(=O)(=O)N3CCCC3)cc2)cc1. The summed E-state index contributed by atoms with van der Waals surface area (Å²) < 4.78 is 31.7. The highest BCUT2D eigenvalue weighted by atomic mass is 32.2. The van der Waals surface area contributed by atoms with Gasteiger partial charge in [0.2, 0.25) is 10.0 Å². The van der Waals surface area contributed by atoms with E-state index in [4.69, 9.17) is 4.74 Å². The molecule has 0 aliphatic carbocycles. The molecule has 1 amide bonds. The summed E-state index contributed by atoms with van der Waals surface area (Å²) in [6.45, 7) is 4.45. The maximum Gasteiger partial charge on any atom is 0.338 e. The van der Waals surface area contributed by atoms with Gasteiger partial charge in [0.25, 0.3) is 5.91 Å². The minimum Gasteiger partial charge on any atom is -0.449 e. The molecule has 0 saturated carbocycles. The van der Waals surface area contributed by atoms with Crippen LogP contribution in [0.1, 0.15) is 35.7 Å². The number of nitrogens with one attached hydrogen (secondary N) is 1. The molecule has 2 aromatic rings. The maximum absolute atomic E-state index is 12.5. The van der Waals surface area contributed by atoms with Gasteiger partial charge in [0.05, 0.1) is 10.5 Å². The van der Waals surface area contributed by atoms with Gasteiger partial charge in [0.15, 0.2) is 6.10 Å². The predicted octanol–water partition coefficient (Wildman–Crippen LogP) is 2.96. The fourth-order valence-corrected chi connectivity index (χ4v) is 4.52. The van der Waals surface area contributed by atoms with Crippen molar-refractivity contribution in [1.82, 2.24) is 4.31 Å². The van der Waals surface area contributed by atoms with Crippen LogP contribution in [-0.2, 0) is 19.6 Å². The maximum atomic E-state index is 12.5. The van der Waals surface area contributed by atoms with E-state index < -0.39 is 28.0 Å². The molecule has 154 valence electrons. The second-order valence-corrected chi connectivity index (χ2v) is 8.98. The number of aryl methyl sites for hydroxylation is 1.